The van der Waals surface area contributed by atoms with Crippen molar-refractivity contribution < 1.29 is 40.1 Å². The highest BCUT2D eigenvalue weighted by molar-refractivity contribution is 4.96. The summed E-state index contributed by atoms with van der Waals surface area (Å²) >= 11 is 0. The largest absolute Gasteiger partial charge is 0.390 e. The van der Waals surface area contributed by atoms with E-state index in [2.05, 4.69) is 0 Å². The normalized spacial score (nSPS) is 53.5. The van der Waals surface area contributed by atoms with Gasteiger partial charge in [-0.25, -0.2) is 0 Å². The number of nitrogens with two attached hydrogens (primary N) is 2. The Balaban J connectivity index is 2.08. The zero-order valence-electron chi connectivity index (χ0n) is 11.8. The minimum Gasteiger partial charge on any atom is -0.390 e. The van der Waals surface area contributed by atoms with Gasteiger partial charge < -0.3 is 51.6 Å². The Bertz CT molecular complexity index is 373. The Morgan fingerprint density at radius 2 is 1.55 bits per heavy atom. The molecule has 0 amide bonds. The molecule has 0 radical (unpaired) electrons. The van der Waals surface area contributed by atoms with Crippen molar-refractivity contribution in [3.05, 3.63) is 0 Å². The van der Waals surface area contributed by atoms with Crippen LogP contribution in [0.3, 0.4) is 0 Å². The molecule has 10 atom stereocenters. The van der Waals surface area contributed by atoms with Gasteiger partial charge in [0, 0.05) is 13.0 Å². The molecule has 0 unspecified atom stereocenters. The lowest BCUT2D eigenvalue weighted by atomic mass is 9.87. The van der Waals surface area contributed by atoms with Crippen molar-refractivity contribution in [2.75, 3.05) is 6.54 Å². The van der Waals surface area contributed by atoms with Gasteiger partial charge in [0.05, 0.1) is 18.2 Å². The van der Waals surface area contributed by atoms with Gasteiger partial charge in [0.2, 0.25) is 0 Å². The van der Waals surface area contributed by atoms with Crippen LogP contribution in [0, 0.1) is 0 Å². The highest BCUT2D eigenvalue weighted by atomic mass is 16.7. The molecular weight excluding hydrogens is 300 g/mol. The summed E-state index contributed by atoms with van der Waals surface area (Å²) in [6.45, 7) is -0.0953. The average Bonchev–Trinajstić information content (AvgIpc) is 2.49. The second-order valence-electron chi connectivity index (χ2n) is 5.79. The fourth-order valence-corrected chi connectivity index (χ4v) is 2.77. The van der Waals surface area contributed by atoms with Crippen molar-refractivity contribution in [1.82, 2.24) is 0 Å². The Morgan fingerprint density at radius 1 is 0.909 bits per heavy atom. The molecule has 10 N–H and O–H groups in total. The zero-order valence-corrected chi connectivity index (χ0v) is 11.8. The lowest BCUT2D eigenvalue weighted by Crippen LogP contribution is -2.66. The Hall–Kier alpha value is -0.400. The highest BCUT2D eigenvalue weighted by Crippen LogP contribution is 2.28. The monoisotopic (exact) mass is 324 g/mol. The van der Waals surface area contributed by atoms with E-state index >= 15 is 0 Å². The van der Waals surface area contributed by atoms with E-state index in [1.165, 1.54) is 0 Å². The second-order valence-corrected chi connectivity index (χ2v) is 5.79. The van der Waals surface area contributed by atoms with Crippen LogP contribution in [0.15, 0.2) is 0 Å². The van der Waals surface area contributed by atoms with Gasteiger partial charge in [-0.2, -0.15) is 0 Å². The van der Waals surface area contributed by atoms with Crippen molar-refractivity contribution >= 4 is 0 Å². The summed E-state index contributed by atoms with van der Waals surface area (Å²) in [6.07, 6.45) is -11.9. The molecule has 22 heavy (non-hydrogen) atoms. The topological polar surface area (TPSA) is 192 Å². The number of ether oxygens (including phenoxy) is 2. The van der Waals surface area contributed by atoms with Gasteiger partial charge in [-0.1, -0.05) is 0 Å². The minimum absolute atomic E-state index is 0.0953. The fourth-order valence-electron chi connectivity index (χ4n) is 2.77. The third-order valence-electron chi connectivity index (χ3n) is 4.21. The van der Waals surface area contributed by atoms with E-state index in [1.54, 1.807) is 0 Å². The van der Waals surface area contributed by atoms with Gasteiger partial charge in [0.1, 0.15) is 36.6 Å². The van der Waals surface area contributed by atoms with E-state index in [-0.39, 0.29) is 13.0 Å². The smallest absolute Gasteiger partial charge is 0.176 e. The Morgan fingerprint density at radius 3 is 2.14 bits per heavy atom. The third kappa shape index (κ3) is 3.26. The standard InChI is InChI=1S/C12H24N2O8/c13-2-5-8(18)9(19)6(14)12(21-5)22-11-4(16)1-3(15)7(17)10(11)20/h3-12,15-20H,1-2,13-14H2/t3-,4-,5-,6-,7+,8-,9-,10-,11-,12-/m1/s1. The number of hydrogen-bond donors (Lipinski definition) is 8. The van der Waals surface area contributed by atoms with Gasteiger partial charge in [0.25, 0.3) is 0 Å². The molecule has 0 aromatic carbocycles. The molecular formula is C12H24N2O8. The van der Waals surface area contributed by atoms with E-state index in [0.717, 1.165) is 0 Å². The van der Waals surface area contributed by atoms with Gasteiger partial charge >= 0.3 is 0 Å². The molecule has 2 rings (SSSR count). The van der Waals surface area contributed by atoms with Crippen molar-refractivity contribution in [1.29, 1.82) is 0 Å². The first-order chi connectivity index (χ1) is 10.3. The molecule has 1 heterocycles. The van der Waals surface area contributed by atoms with Crippen LogP contribution in [-0.2, 0) is 9.47 Å². The lowest BCUT2D eigenvalue weighted by Gasteiger charge is -2.45. The summed E-state index contributed by atoms with van der Waals surface area (Å²) < 4.78 is 10.7. The van der Waals surface area contributed by atoms with Crippen LogP contribution in [0.2, 0.25) is 0 Å². The molecule has 2 fully saturated rings. The van der Waals surface area contributed by atoms with Gasteiger partial charge in [0.15, 0.2) is 6.29 Å². The maximum Gasteiger partial charge on any atom is 0.176 e. The van der Waals surface area contributed by atoms with Crippen LogP contribution < -0.4 is 11.5 Å². The second kappa shape index (κ2) is 7.01. The van der Waals surface area contributed by atoms with Crippen LogP contribution in [0.25, 0.3) is 0 Å². The first-order valence-electron chi connectivity index (χ1n) is 7.12. The molecule has 10 heteroatoms. The summed E-state index contributed by atoms with van der Waals surface area (Å²) in [5, 5.41) is 58.6. The predicted octanol–water partition coefficient (Wildman–Crippen LogP) is -5.05. The third-order valence-corrected chi connectivity index (χ3v) is 4.21. The van der Waals surface area contributed by atoms with Crippen LogP contribution in [-0.4, -0.2) is 98.3 Å². The number of hydrogen-bond acceptors (Lipinski definition) is 10. The first-order valence-corrected chi connectivity index (χ1v) is 7.12. The molecule has 0 aromatic rings. The van der Waals surface area contributed by atoms with Crippen LogP contribution in [0.5, 0.6) is 0 Å². The fraction of sp³-hybridized carbons (Fsp3) is 1.00. The maximum absolute atomic E-state index is 9.91. The summed E-state index contributed by atoms with van der Waals surface area (Å²) in [7, 11) is 0. The quantitative estimate of drug-likeness (QED) is 0.249. The summed E-state index contributed by atoms with van der Waals surface area (Å²) in [4.78, 5) is 0. The van der Waals surface area contributed by atoms with Crippen molar-refractivity contribution in [2.24, 2.45) is 11.5 Å². The Labute approximate surface area is 126 Å². The summed E-state index contributed by atoms with van der Waals surface area (Å²) in [5.74, 6) is 0. The number of aliphatic hydroxyl groups is 6. The van der Waals surface area contributed by atoms with Gasteiger partial charge in [-0.15, -0.1) is 0 Å². The van der Waals surface area contributed by atoms with E-state index < -0.39 is 61.2 Å². The molecule has 0 aromatic heterocycles. The van der Waals surface area contributed by atoms with Gasteiger partial charge in [-0.05, 0) is 0 Å². The molecule has 1 saturated carbocycles. The Kier molecular flexibility index (Phi) is 5.72. The number of aliphatic hydroxyl groups excluding tert-OH is 6. The van der Waals surface area contributed by atoms with E-state index in [9.17, 15) is 30.6 Å². The van der Waals surface area contributed by atoms with Crippen molar-refractivity contribution in [2.45, 2.75) is 67.6 Å². The maximum atomic E-state index is 9.91. The molecule has 1 aliphatic heterocycles. The first kappa shape index (κ1) is 17.9. The van der Waals surface area contributed by atoms with E-state index in [4.69, 9.17) is 20.9 Å². The predicted molar refractivity (Wildman–Crippen MR) is 71.2 cm³/mol. The summed E-state index contributed by atoms with van der Waals surface area (Å²) in [5.41, 5.74) is 11.2. The molecule has 0 bridgehead atoms. The molecule has 1 aliphatic carbocycles. The molecule has 0 spiro atoms. The lowest BCUT2D eigenvalue weighted by molar-refractivity contribution is -0.302. The van der Waals surface area contributed by atoms with Gasteiger partial charge in [-0.3, -0.25) is 0 Å². The average molecular weight is 324 g/mol. The SMILES string of the molecule is NC[C@H]1O[C@H](O[C@H]2[C@H](O)[C@@H](O)[C@H](O)C[C@H]2O)[C@H](N)[C@@H](O)[C@@H]1O. The van der Waals surface area contributed by atoms with Crippen molar-refractivity contribution in [3.8, 4) is 0 Å². The van der Waals surface area contributed by atoms with E-state index in [0.29, 0.717) is 0 Å². The van der Waals surface area contributed by atoms with Crippen LogP contribution in [0.1, 0.15) is 6.42 Å². The van der Waals surface area contributed by atoms with Crippen LogP contribution in [0.4, 0.5) is 0 Å². The molecule has 1 saturated heterocycles. The van der Waals surface area contributed by atoms with Crippen LogP contribution >= 0.6 is 0 Å². The summed E-state index contributed by atoms with van der Waals surface area (Å²) in [6, 6.07) is -1.14. The minimum atomic E-state index is -1.56. The molecule has 10 nitrogen and oxygen atoms in total. The molecule has 130 valence electrons. The van der Waals surface area contributed by atoms with E-state index in [1.807, 2.05) is 0 Å². The number of rotatable bonds is 3. The zero-order chi connectivity index (χ0) is 16.6. The van der Waals surface area contributed by atoms with Crippen molar-refractivity contribution in [3.63, 3.8) is 0 Å². The highest BCUT2D eigenvalue weighted by Gasteiger charge is 2.48. The molecule has 2 aliphatic rings.